The highest BCUT2D eigenvalue weighted by atomic mass is 19.1. The zero-order valence-corrected chi connectivity index (χ0v) is 44.1. The minimum atomic E-state index is -0.475. The summed E-state index contributed by atoms with van der Waals surface area (Å²) in [5.74, 6) is 3.18. The molecule has 8 rings (SSSR count). The number of benzene rings is 3. The van der Waals surface area contributed by atoms with Crippen LogP contribution in [0.4, 0.5) is 13.2 Å². The summed E-state index contributed by atoms with van der Waals surface area (Å²) in [6.45, 7) is 34.6. The van der Waals surface area contributed by atoms with E-state index in [4.69, 9.17) is 14.2 Å². The van der Waals surface area contributed by atoms with Gasteiger partial charge in [-0.25, -0.2) is 23.1 Å². The highest BCUT2D eigenvalue weighted by Gasteiger charge is 2.15. The van der Waals surface area contributed by atoms with Gasteiger partial charge < -0.3 is 14.2 Å². The molecule has 3 aliphatic rings. The quantitative estimate of drug-likeness (QED) is 0.154. The highest BCUT2D eigenvalue weighted by Crippen LogP contribution is 2.27. The van der Waals surface area contributed by atoms with Crippen molar-refractivity contribution < 1.29 is 27.4 Å². The molecule has 372 valence electrons. The molecule has 9 heteroatoms. The van der Waals surface area contributed by atoms with Crippen LogP contribution in [0.3, 0.4) is 0 Å². The van der Waals surface area contributed by atoms with Gasteiger partial charge >= 0.3 is 0 Å². The van der Waals surface area contributed by atoms with Gasteiger partial charge in [-0.1, -0.05) is 107 Å². The van der Waals surface area contributed by atoms with Gasteiger partial charge in [0.15, 0.2) is 6.29 Å². The van der Waals surface area contributed by atoms with Gasteiger partial charge in [0, 0.05) is 42.4 Å². The largest absolute Gasteiger partial charge is 0.378 e. The summed E-state index contributed by atoms with van der Waals surface area (Å²) in [4.78, 5) is 12.0. The minimum Gasteiger partial charge on any atom is -0.378 e. The predicted octanol–water partition coefficient (Wildman–Crippen LogP) is 15.8. The molecule has 6 nitrogen and oxygen atoms in total. The Morgan fingerprint density at radius 3 is 1.18 bits per heavy atom. The van der Waals surface area contributed by atoms with Crippen molar-refractivity contribution in [3.05, 3.63) is 159 Å². The van der Waals surface area contributed by atoms with Gasteiger partial charge in [0.1, 0.15) is 23.3 Å². The fourth-order valence-electron chi connectivity index (χ4n) is 6.24. The third-order valence-electron chi connectivity index (χ3n) is 11.2. The van der Waals surface area contributed by atoms with E-state index in [-0.39, 0.29) is 17.7 Å². The van der Waals surface area contributed by atoms with Crippen LogP contribution in [0.15, 0.2) is 85.3 Å². The lowest BCUT2D eigenvalue weighted by Crippen LogP contribution is -2.27. The average molecular weight is 930 g/mol. The number of aryl methyl sites for hydroxylation is 9. The zero-order valence-electron chi connectivity index (χ0n) is 44.1. The monoisotopic (exact) mass is 930 g/mol. The van der Waals surface area contributed by atoms with Crippen LogP contribution in [-0.4, -0.2) is 47.2 Å². The van der Waals surface area contributed by atoms with Crippen molar-refractivity contribution in [2.75, 3.05) is 19.8 Å². The number of pyridine rings is 1. The van der Waals surface area contributed by atoms with Gasteiger partial charge in [0.05, 0.1) is 19.3 Å². The van der Waals surface area contributed by atoms with Crippen molar-refractivity contribution in [1.82, 2.24) is 15.0 Å². The molecule has 0 bridgehead atoms. The fourth-order valence-corrected chi connectivity index (χ4v) is 6.24. The number of ether oxygens (including phenoxy) is 3. The first-order chi connectivity index (χ1) is 31.5. The number of rotatable bonds is 0. The Balaban J connectivity index is 0.000000383. The van der Waals surface area contributed by atoms with Crippen molar-refractivity contribution in [1.29, 1.82) is 0 Å². The third-order valence-corrected chi connectivity index (χ3v) is 11.2. The summed E-state index contributed by atoms with van der Waals surface area (Å²) in [6, 6.07) is 20.4. The van der Waals surface area contributed by atoms with Crippen LogP contribution in [0.5, 0.6) is 0 Å². The molecule has 2 saturated heterocycles. The minimum absolute atomic E-state index is 0.0196. The molecule has 2 aromatic heterocycles. The Labute approximate surface area is 404 Å². The second-order valence-electron chi connectivity index (χ2n) is 19.1. The molecular formula is C58H86F3N3O3. The maximum atomic E-state index is 12.6. The Morgan fingerprint density at radius 1 is 0.403 bits per heavy atom. The molecule has 1 saturated carbocycles. The summed E-state index contributed by atoms with van der Waals surface area (Å²) < 4.78 is 53.5. The van der Waals surface area contributed by atoms with Crippen molar-refractivity contribution >= 4 is 0 Å². The molecule has 5 aromatic rings. The molecule has 2 unspecified atom stereocenters. The molecule has 3 fully saturated rings. The molecule has 1 aliphatic carbocycles. The van der Waals surface area contributed by atoms with Crippen molar-refractivity contribution in [3.8, 4) is 0 Å². The number of aromatic nitrogens is 3. The molecule has 0 radical (unpaired) electrons. The Kier molecular flexibility index (Phi) is 30.7. The second kappa shape index (κ2) is 33.9. The number of halogens is 3. The van der Waals surface area contributed by atoms with Crippen LogP contribution < -0.4 is 0 Å². The molecule has 0 spiro atoms. The van der Waals surface area contributed by atoms with Crippen molar-refractivity contribution in [2.24, 2.45) is 23.7 Å². The van der Waals surface area contributed by atoms with E-state index in [9.17, 15) is 13.2 Å². The van der Waals surface area contributed by atoms with Crippen molar-refractivity contribution in [3.63, 3.8) is 0 Å². The Bertz CT molecular complexity index is 1750. The van der Waals surface area contributed by atoms with E-state index in [0.29, 0.717) is 23.1 Å². The summed E-state index contributed by atoms with van der Waals surface area (Å²) >= 11 is 0. The van der Waals surface area contributed by atoms with Crippen LogP contribution in [-0.2, 0) is 14.2 Å². The maximum absolute atomic E-state index is 12.6. The standard InChI is InChI=1S/C8H8F2.C8H9F.C8H16.C8H10.C7H9N.C7H14O.C6H8N2.C6H12O2/c1-5-3-7(9)6(2)8(10)4-5;1-6-3-4-7(2)8(9)5-6;2*1-7-3-5-8(2)6-4-7;2*1-6-3-4-7(2)8-5-6;2*1-5-3-7-6(2)8-4-5/h3-4H,1-2H3;3-5H,1-2H3;7-8H,3-6H2,1-2H3;3-6H,1-2H3;3-5H,1-2H3;6-7H,3-5H2,1-2H3;3-4H,1-2H3;5-6H,3-4H2,1-2H3. The number of hydrogen-bond acceptors (Lipinski definition) is 6. The molecule has 0 N–H and O–H groups in total. The van der Waals surface area contributed by atoms with E-state index < -0.39 is 11.6 Å². The molecular weight excluding hydrogens is 844 g/mol. The van der Waals surface area contributed by atoms with Gasteiger partial charge in [0.2, 0.25) is 0 Å². The first-order valence-corrected chi connectivity index (χ1v) is 24.2. The van der Waals surface area contributed by atoms with Gasteiger partial charge in [-0.3, -0.25) is 4.98 Å². The topological polar surface area (TPSA) is 66.4 Å². The molecule has 4 heterocycles. The first-order valence-electron chi connectivity index (χ1n) is 24.2. The third kappa shape index (κ3) is 30.5. The first kappa shape index (κ1) is 60.6. The normalized spacial score (nSPS) is 20.3. The average Bonchev–Trinajstić information content (AvgIpc) is 3.29. The van der Waals surface area contributed by atoms with E-state index in [1.54, 1.807) is 19.9 Å². The van der Waals surface area contributed by atoms with E-state index in [2.05, 4.69) is 93.7 Å². The van der Waals surface area contributed by atoms with Crippen molar-refractivity contribution in [2.45, 2.75) is 162 Å². The number of nitrogens with zero attached hydrogens (tertiary/aromatic N) is 3. The lowest BCUT2D eigenvalue weighted by Gasteiger charge is -2.24. The van der Waals surface area contributed by atoms with E-state index in [1.807, 2.05) is 72.3 Å². The van der Waals surface area contributed by atoms with Gasteiger partial charge in [-0.05, 0) is 166 Å². The van der Waals surface area contributed by atoms with Crippen LogP contribution in [0.25, 0.3) is 0 Å². The van der Waals surface area contributed by atoms with Gasteiger partial charge in [-0.2, -0.15) is 0 Å². The zero-order chi connectivity index (χ0) is 50.5. The van der Waals surface area contributed by atoms with E-state index >= 15 is 0 Å². The summed E-state index contributed by atoms with van der Waals surface area (Å²) in [7, 11) is 0. The number of hydrogen-bond donors (Lipinski definition) is 0. The van der Waals surface area contributed by atoms with Crippen LogP contribution in [0.1, 0.15) is 136 Å². The molecule has 2 atom stereocenters. The fraction of sp³-hybridized carbons (Fsp3) is 0.534. The van der Waals surface area contributed by atoms with Crippen LogP contribution in [0.2, 0.25) is 0 Å². The highest BCUT2D eigenvalue weighted by molar-refractivity contribution is 5.24. The Hall–Kier alpha value is -4.44. The molecule has 3 aromatic carbocycles. The Morgan fingerprint density at radius 2 is 0.821 bits per heavy atom. The van der Waals surface area contributed by atoms with Gasteiger partial charge in [0.25, 0.3) is 0 Å². The summed E-state index contributed by atoms with van der Waals surface area (Å²) in [6.07, 6.45) is 14.5. The SMILES string of the molecule is CC1CCC(C)CC1.CC1CCC(C)OC1.CC1COC(C)OC1.Cc1cc(F)c(C)c(F)c1.Cc1ccc(C)c(F)c1.Cc1ccc(C)cc1.Cc1ccc(C)nc1.Cc1cnc(C)nc1. The van der Waals surface area contributed by atoms with Crippen LogP contribution in [0, 0.1) is 110 Å². The molecule has 0 amide bonds. The van der Waals surface area contributed by atoms with Gasteiger partial charge in [-0.15, -0.1) is 0 Å². The molecule has 2 aliphatic heterocycles. The predicted molar refractivity (Wildman–Crippen MR) is 274 cm³/mol. The van der Waals surface area contributed by atoms with E-state index in [0.717, 1.165) is 60.2 Å². The maximum Gasteiger partial charge on any atom is 0.154 e. The van der Waals surface area contributed by atoms with E-state index in [1.165, 1.54) is 80.3 Å². The summed E-state index contributed by atoms with van der Waals surface area (Å²) in [5, 5.41) is 0. The lowest BCUT2D eigenvalue weighted by molar-refractivity contribution is -0.187. The lowest BCUT2D eigenvalue weighted by atomic mass is 9.84. The molecule has 67 heavy (non-hydrogen) atoms. The van der Waals surface area contributed by atoms with Crippen LogP contribution >= 0.6 is 0 Å². The summed E-state index contributed by atoms with van der Waals surface area (Å²) in [5.41, 5.74) is 8.44. The second-order valence-corrected chi connectivity index (χ2v) is 19.1. The smallest absolute Gasteiger partial charge is 0.154 e.